The number of hydrogen-bond donors (Lipinski definition) is 1. The molecule has 1 aromatic carbocycles. The zero-order valence-electron chi connectivity index (χ0n) is 9.07. The van der Waals surface area contributed by atoms with E-state index in [1.165, 1.54) is 19.1 Å². The van der Waals surface area contributed by atoms with Gasteiger partial charge in [0.15, 0.2) is 0 Å². The molecule has 17 heavy (non-hydrogen) atoms. The first-order valence-corrected chi connectivity index (χ1v) is 5.03. The number of aliphatic hydroxyl groups is 1. The summed E-state index contributed by atoms with van der Waals surface area (Å²) in [5.74, 6) is 0. The Balaban J connectivity index is 2.44. The topological polar surface area (TPSA) is 35.8 Å². The fourth-order valence-corrected chi connectivity index (χ4v) is 1.78. The molecule has 1 aliphatic rings. The SMILES string of the molecule is CC1=NN(c2ccccc2)[C@](O)(C(F)(F)F)C1. The summed E-state index contributed by atoms with van der Waals surface area (Å²) in [5.41, 5.74) is -2.49. The minimum atomic E-state index is -4.76. The van der Waals surface area contributed by atoms with Gasteiger partial charge in [0.25, 0.3) is 5.72 Å². The lowest BCUT2D eigenvalue weighted by molar-refractivity contribution is -0.254. The molecule has 1 aliphatic heterocycles. The van der Waals surface area contributed by atoms with Crippen LogP contribution in [0.2, 0.25) is 0 Å². The van der Waals surface area contributed by atoms with E-state index in [1.54, 1.807) is 18.2 Å². The van der Waals surface area contributed by atoms with Crippen LogP contribution < -0.4 is 5.01 Å². The van der Waals surface area contributed by atoms with Crippen molar-refractivity contribution in [2.75, 3.05) is 5.01 Å². The van der Waals surface area contributed by atoms with Crippen molar-refractivity contribution in [2.45, 2.75) is 25.2 Å². The Morgan fingerprint density at radius 3 is 2.41 bits per heavy atom. The van der Waals surface area contributed by atoms with E-state index >= 15 is 0 Å². The number of nitrogens with zero attached hydrogens (tertiary/aromatic N) is 2. The van der Waals surface area contributed by atoms with Gasteiger partial charge in [-0.05, 0) is 19.1 Å². The molecule has 0 radical (unpaired) electrons. The van der Waals surface area contributed by atoms with E-state index in [0.717, 1.165) is 0 Å². The van der Waals surface area contributed by atoms with Gasteiger partial charge in [-0.25, -0.2) is 5.01 Å². The first kappa shape index (κ1) is 11.9. The van der Waals surface area contributed by atoms with Gasteiger partial charge in [0.1, 0.15) is 0 Å². The second-order valence-electron chi connectivity index (χ2n) is 3.97. The summed E-state index contributed by atoms with van der Waals surface area (Å²) in [7, 11) is 0. The van der Waals surface area contributed by atoms with Crippen molar-refractivity contribution in [1.82, 2.24) is 0 Å². The van der Waals surface area contributed by atoms with E-state index in [2.05, 4.69) is 5.10 Å². The molecule has 0 amide bonds. The third-order valence-corrected chi connectivity index (χ3v) is 2.58. The predicted molar refractivity (Wildman–Crippen MR) is 57.7 cm³/mol. The van der Waals surface area contributed by atoms with Gasteiger partial charge in [-0.3, -0.25) is 0 Å². The highest BCUT2D eigenvalue weighted by Gasteiger charge is 2.61. The predicted octanol–water partition coefficient (Wildman–Crippen LogP) is 2.52. The molecule has 1 heterocycles. The molecule has 0 aliphatic carbocycles. The van der Waals surface area contributed by atoms with E-state index in [1.807, 2.05) is 0 Å². The zero-order valence-corrected chi connectivity index (χ0v) is 9.07. The van der Waals surface area contributed by atoms with Gasteiger partial charge in [-0.2, -0.15) is 18.3 Å². The number of anilines is 1. The van der Waals surface area contributed by atoms with Crippen molar-refractivity contribution < 1.29 is 18.3 Å². The van der Waals surface area contributed by atoms with Crippen molar-refractivity contribution in [1.29, 1.82) is 0 Å². The van der Waals surface area contributed by atoms with Crippen LogP contribution in [0.4, 0.5) is 18.9 Å². The summed E-state index contributed by atoms with van der Waals surface area (Å²) < 4.78 is 38.7. The molecule has 0 spiro atoms. The maximum absolute atomic E-state index is 12.9. The number of alkyl halides is 3. The van der Waals surface area contributed by atoms with E-state index < -0.39 is 18.3 Å². The van der Waals surface area contributed by atoms with Crippen LogP contribution in [-0.4, -0.2) is 22.7 Å². The lowest BCUT2D eigenvalue weighted by atomic mass is 10.1. The largest absolute Gasteiger partial charge is 0.438 e. The Bertz CT molecular complexity index is 444. The number of hydrazone groups is 1. The van der Waals surface area contributed by atoms with Crippen LogP contribution in [0.25, 0.3) is 0 Å². The van der Waals surface area contributed by atoms with E-state index in [9.17, 15) is 18.3 Å². The minimum absolute atomic E-state index is 0.212. The number of halogens is 3. The molecule has 0 saturated carbocycles. The number of para-hydroxylation sites is 1. The summed E-state index contributed by atoms with van der Waals surface area (Å²) in [6.45, 7) is 1.46. The molecule has 92 valence electrons. The Morgan fingerprint density at radius 1 is 1.29 bits per heavy atom. The highest BCUT2D eigenvalue weighted by Crippen LogP contribution is 2.42. The Hall–Kier alpha value is -1.56. The Morgan fingerprint density at radius 2 is 1.88 bits per heavy atom. The van der Waals surface area contributed by atoms with Gasteiger partial charge in [0, 0.05) is 12.1 Å². The second kappa shape index (κ2) is 3.73. The summed E-state index contributed by atoms with van der Waals surface area (Å²) in [5, 5.41) is 14.2. The molecule has 1 atom stereocenters. The van der Waals surface area contributed by atoms with E-state index in [-0.39, 0.29) is 11.4 Å². The zero-order chi connectivity index (χ0) is 12.7. The molecular formula is C11H11F3N2O. The van der Waals surface area contributed by atoms with Gasteiger partial charge in [-0.1, -0.05) is 18.2 Å². The van der Waals surface area contributed by atoms with Crippen LogP contribution in [-0.2, 0) is 0 Å². The van der Waals surface area contributed by atoms with Crippen LogP contribution in [0.5, 0.6) is 0 Å². The van der Waals surface area contributed by atoms with E-state index in [0.29, 0.717) is 5.01 Å². The number of hydrogen-bond acceptors (Lipinski definition) is 3. The van der Waals surface area contributed by atoms with Crippen molar-refractivity contribution in [2.24, 2.45) is 5.10 Å². The van der Waals surface area contributed by atoms with E-state index in [4.69, 9.17) is 0 Å². The maximum Gasteiger partial charge on any atom is 0.438 e. The highest BCUT2D eigenvalue weighted by atomic mass is 19.4. The Kier molecular flexibility index (Phi) is 2.61. The molecule has 0 bridgehead atoms. The molecule has 1 N–H and O–H groups in total. The standard InChI is InChI=1S/C11H11F3N2O/c1-8-7-10(17,11(12,13)14)16(15-8)9-5-3-2-4-6-9/h2-6,17H,7H2,1H3/t10-/m1/s1. The first-order valence-electron chi connectivity index (χ1n) is 5.03. The average Bonchev–Trinajstić information content (AvgIpc) is 2.56. The van der Waals surface area contributed by atoms with Crippen LogP contribution in [0.1, 0.15) is 13.3 Å². The molecule has 1 aromatic rings. The Labute approximate surface area is 96.2 Å². The third kappa shape index (κ3) is 1.88. The summed E-state index contributed by atoms with van der Waals surface area (Å²) in [6, 6.07) is 7.81. The van der Waals surface area contributed by atoms with Crippen molar-refractivity contribution in [3.05, 3.63) is 30.3 Å². The van der Waals surface area contributed by atoms with Crippen molar-refractivity contribution >= 4 is 11.4 Å². The van der Waals surface area contributed by atoms with Crippen molar-refractivity contribution in [3.8, 4) is 0 Å². The quantitative estimate of drug-likeness (QED) is 0.824. The second-order valence-corrected chi connectivity index (χ2v) is 3.97. The fraction of sp³-hybridized carbons (Fsp3) is 0.364. The third-order valence-electron chi connectivity index (χ3n) is 2.58. The van der Waals surface area contributed by atoms with Gasteiger partial charge in [-0.15, -0.1) is 0 Å². The molecule has 0 saturated heterocycles. The monoisotopic (exact) mass is 244 g/mol. The number of benzene rings is 1. The summed E-state index contributed by atoms with van der Waals surface area (Å²) >= 11 is 0. The van der Waals surface area contributed by atoms with Crippen LogP contribution >= 0.6 is 0 Å². The summed E-state index contributed by atoms with van der Waals surface area (Å²) in [4.78, 5) is 0. The molecule has 6 heteroatoms. The molecule has 0 unspecified atom stereocenters. The van der Waals surface area contributed by atoms with Gasteiger partial charge >= 0.3 is 6.18 Å². The lowest BCUT2D eigenvalue weighted by Crippen LogP contribution is -2.55. The fourth-order valence-electron chi connectivity index (χ4n) is 1.78. The maximum atomic E-state index is 12.9. The van der Waals surface area contributed by atoms with Crippen LogP contribution in [0.3, 0.4) is 0 Å². The normalized spacial score (nSPS) is 25.0. The molecule has 0 aromatic heterocycles. The molecular weight excluding hydrogens is 233 g/mol. The van der Waals surface area contributed by atoms with Crippen molar-refractivity contribution in [3.63, 3.8) is 0 Å². The molecule has 3 nitrogen and oxygen atoms in total. The van der Waals surface area contributed by atoms with Gasteiger partial charge < -0.3 is 5.11 Å². The van der Waals surface area contributed by atoms with Crippen LogP contribution in [0, 0.1) is 0 Å². The van der Waals surface area contributed by atoms with Gasteiger partial charge in [0.05, 0.1) is 5.69 Å². The first-order chi connectivity index (χ1) is 7.84. The number of rotatable bonds is 1. The molecule has 0 fully saturated rings. The smallest absolute Gasteiger partial charge is 0.362 e. The molecule has 2 rings (SSSR count). The lowest BCUT2D eigenvalue weighted by Gasteiger charge is -2.34. The minimum Gasteiger partial charge on any atom is -0.362 e. The van der Waals surface area contributed by atoms with Gasteiger partial charge in [0.2, 0.25) is 0 Å². The average molecular weight is 244 g/mol. The summed E-state index contributed by atoms with van der Waals surface area (Å²) in [6.07, 6.45) is -5.30. The highest BCUT2D eigenvalue weighted by molar-refractivity contribution is 5.87. The van der Waals surface area contributed by atoms with Crippen LogP contribution in [0.15, 0.2) is 35.4 Å².